The summed E-state index contributed by atoms with van der Waals surface area (Å²) in [7, 11) is 0. The first kappa shape index (κ1) is 21.8. The maximum absolute atomic E-state index is 10.1. The van der Waals surface area contributed by atoms with Gasteiger partial charge in [-0.15, -0.1) is 0 Å². The minimum atomic E-state index is -0.457. The summed E-state index contributed by atoms with van der Waals surface area (Å²) in [4.78, 5) is 4.51. The van der Waals surface area contributed by atoms with Crippen LogP contribution in [0, 0.1) is 0 Å². The highest BCUT2D eigenvalue weighted by atomic mass is 16.5. The van der Waals surface area contributed by atoms with Crippen LogP contribution in [0.15, 0.2) is 0 Å². The molecule has 0 aromatic rings. The summed E-state index contributed by atoms with van der Waals surface area (Å²) in [5, 5.41) is 20.2. The van der Waals surface area contributed by atoms with Crippen molar-refractivity contribution in [2.24, 2.45) is 0 Å². The molecule has 1 saturated heterocycles. The van der Waals surface area contributed by atoms with Gasteiger partial charge in [-0.2, -0.15) is 0 Å². The predicted molar refractivity (Wildman–Crippen MR) is 96.3 cm³/mol. The van der Waals surface area contributed by atoms with Crippen molar-refractivity contribution in [1.82, 2.24) is 9.80 Å². The summed E-state index contributed by atoms with van der Waals surface area (Å²) in [5.41, 5.74) is -0.435. The van der Waals surface area contributed by atoms with Crippen LogP contribution in [-0.4, -0.2) is 95.9 Å². The quantitative estimate of drug-likeness (QED) is 0.682. The zero-order chi connectivity index (χ0) is 18.4. The first-order valence-electron chi connectivity index (χ1n) is 9.03. The van der Waals surface area contributed by atoms with Crippen LogP contribution in [0.2, 0.25) is 0 Å². The Morgan fingerprint density at radius 3 is 1.25 bits per heavy atom. The number of piperazine rings is 1. The van der Waals surface area contributed by atoms with Gasteiger partial charge in [0, 0.05) is 39.3 Å². The number of ether oxygens (including phenoxy) is 2. The van der Waals surface area contributed by atoms with Gasteiger partial charge >= 0.3 is 0 Å². The van der Waals surface area contributed by atoms with Gasteiger partial charge in [0.05, 0.1) is 36.6 Å². The summed E-state index contributed by atoms with van der Waals surface area (Å²) in [6.45, 7) is 17.6. The molecule has 2 N–H and O–H groups in total. The molecule has 0 spiro atoms. The Balaban J connectivity index is 2.19. The third-order valence-electron chi connectivity index (χ3n) is 3.82. The lowest BCUT2D eigenvalue weighted by Gasteiger charge is -2.36. The third-order valence-corrected chi connectivity index (χ3v) is 3.82. The molecule has 2 atom stereocenters. The van der Waals surface area contributed by atoms with E-state index >= 15 is 0 Å². The van der Waals surface area contributed by atoms with Crippen LogP contribution in [0.25, 0.3) is 0 Å². The second-order valence-electron chi connectivity index (χ2n) is 8.76. The first-order valence-corrected chi connectivity index (χ1v) is 9.03. The molecule has 1 heterocycles. The summed E-state index contributed by atoms with van der Waals surface area (Å²) in [5.74, 6) is 0. The van der Waals surface area contributed by atoms with Crippen molar-refractivity contribution < 1.29 is 19.7 Å². The molecule has 0 aliphatic carbocycles. The highest BCUT2D eigenvalue weighted by molar-refractivity contribution is 4.76. The molecule has 144 valence electrons. The Labute approximate surface area is 147 Å². The molecule has 0 aromatic heterocycles. The molecule has 1 aliphatic heterocycles. The molecule has 6 heteroatoms. The van der Waals surface area contributed by atoms with Gasteiger partial charge in [0.1, 0.15) is 0 Å². The van der Waals surface area contributed by atoms with Crippen molar-refractivity contribution >= 4 is 0 Å². The maximum atomic E-state index is 10.1. The van der Waals surface area contributed by atoms with Crippen molar-refractivity contribution in [1.29, 1.82) is 0 Å². The number of nitrogens with zero attached hydrogens (tertiary/aromatic N) is 2. The van der Waals surface area contributed by atoms with E-state index in [9.17, 15) is 10.2 Å². The van der Waals surface area contributed by atoms with Gasteiger partial charge in [-0.3, -0.25) is 9.80 Å². The number of hydrogen-bond donors (Lipinski definition) is 2. The van der Waals surface area contributed by atoms with Crippen molar-refractivity contribution in [3.05, 3.63) is 0 Å². The Kier molecular flexibility index (Phi) is 8.59. The third kappa shape index (κ3) is 10.6. The fourth-order valence-corrected chi connectivity index (χ4v) is 2.55. The van der Waals surface area contributed by atoms with E-state index in [0.717, 1.165) is 26.2 Å². The monoisotopic (exact) mass is 346 g/mol. The standard InChI is InChI=1S/C18H38N2O4/c1-17(2,3)23-13-15(21)11-19-7-9-20(10-8-19)12-16(22)14-24-18(4,5)6/h15-16,21-22H,7-14H2,1-6H3. The highest BCUT2D eigenvalue weighted by Crippen LogP contribution is 2.10. The van der Waals surface area contributed by atoms with Crippen LogP contribution in [0.1, 0.15) is 41.5 Å². The zero-order valence-electron chi connectivity index (χ0n) is 16.4. The Morgan fingerprint density at radius 1 is 0.708 bits per heavy atom. The van der Waals surface area contributed by atoms with Crippen LogP contribution < -0.4 is 0 Å². The largest absolute Gasteiger partial charge is 0.389 e. The van der Waals surface area contributed by atoms with Crippen LogP contribution in [0.5, 0.6) is 0 Å². The van der Waals surface area contributed by atoms with E-state index in [1.807, 2.05) is 41.5 Å². The normalized spacial score (nSPS) is 21.0. The molecule has 0 aromatic carbocycles. The fourth-order valence-electron chi connectivity index (χ4n) is 2.55. The minimum Gasteiger partial charge on any atom is -0.389 e. The molecule has 0 radical (unpaired) electrons. The average Bonchev–Trinajstić information content (AvgIpc) is 2.44. The van der Waals surface area contributed by atoms with Gasteiger partial charge in [-0.1, -0.05) is 0 Å². The highest BCUT2D eigenvalue weighted by Gasteiger charge is 2.22. The lowest BCUT2D eigenvalue weighted by atomic mass is 10.2. The van der Waals surface area contributed by atoms with Crippen molar-refractivity contribution in [2.75, 3.05) is 52.5 Å². The van der Waals surface area contributed by atoms with E-state index in [2.05, 4.69) is 9.80 Å². The fraction of sp³-hybridized carbons (Fsp3) is 1.00. The van der Waals surface area contributed by atoms with E-state index in [-0.39, 0.29) is 11.2 Å². The summed E-state index contributed by atoms with van der Waals surface area (Å²) in [6.07, 6.45) is -0.914. The van der Waals surface area contributed by atoms with E-state index in [4.69, 9.17) is 9.47 Å². The molecule has 24 heavy (non-hydrogen) atoms. The lowest BCUT2D eigenvalue weighted by Crippen LogP contribution is -2.51. The molecular weight excluding hydrogens is 308 g/mol. The van der Waals surface area contributed by atoms with Crippen molar-refractivity contribution in [3.63, 3.8) is 0 Å². The van der Waals surface area contributed by atoms with Gasteiger partial charge in [0.2, 0.25) is 0 Å². The van der Waals surface area contributed by atoms with E-state index in [1.165, 1.54) is 0 Å². The molecule has 1 rings (SSSR count). The molecule has 2 unspecified atom stereocenters. The molecule has 1 aliphatic rings. The van der Waals surface area contributed by atoms with Gasteiger partial charge in [0.25, 0.3) is 0 Å². The smallest absolute Gasteiger partial charge is 0.0900 e. The van der Waals surface area contributed by atoms with Gasteiger partial charge in [-0.05, 0) is 41.5 Å². The first-order chi connectivity index (χ1) is 10.9. The minimum absolute atomic E-state index is 0.217. The SMILES string of the molecule is CC(C)(C)OCC(O)CN1CCN(CC(O)COC(C)(C)C)CC1. The predicted octanol–water partition coefficient (Wildman–Crippen LogP) is 0.956. The van der Waals surface area contributed by atoms with E-state index < -0.39 is 12.2 Å². The second-order valence-corrected chi connectivity index (χ2v) is 8.76. The van der Waals surface area contributed by atoms with Gasteiger partial charge < -0.3 is 19.7 Å². The Hall–Kier alpha value is -0.240. The Morgan fingerprint density at radius 2 is 1.00 bits per heavy atom. The molecule has 0 bridgehead atoms. The van der Waals surface area contributed by atoms with Gasteiger partial charge in [0.15, 0.2) is 0 Å². The lowest BCUT2D eigenvalue weighted by molar-refractivity contribution is -0.0656. The molecule has 6 nitrogen and oxygen atoms in total. The summed E-state index contributed by atoms with van der Waals surface area (Å²) in [6, 6.07) is 0. The molecule has 0 saturated carbocycles. The van der Waals surface area contributed by atoms with Crippen LogP contribution in [0.4, 0.5) is 0 Å². The van der Waals surface area contributed by atoms with Crippen LogP contribution >= 0.6 is 0 Å². The van der Waals surface area contributed by atoms with E-state index in [0.29, 0.717) is 26.3 Å². The number of rotatable bonds is 8. The number of aliphatic hydroxyl groups is 2. The molecular formula is C18H38N2O4. The van der Waals surface area contributed by atoms with Crippen molar-refractivity contribution in [3.8, 4) is 0 Å². The molecule has 1 fully saturated rings. The zero-order valence-corrected chi connectivity index (χ0v) is 16.4. The number of aliphatic hydroxyl groups excluding tert-OH is 2. The number of hydrogen-bond acceptors (Lipinski definition) is 6. The second kappa shape index (κ2) is 9.46. The summed E-state index contributed by atoms with van der Waals surface area (Å²) >= 11 is 0. The Bertz CT molecular complexity index is 310. The van der Waals surface area contributed by atoms with E-state index in [1.54, 1.807) is 0 Å². The maximum Gasteiger partial charge on any atom is 0.0900 e. The average molecular weight is 347 g/mol. The topological polar surface area (TPSA) is 65.4 Å². The summed E-state index contributed by atoms with van der Waals surface area (Å²) < 4.78 is 11.3. The number of β-amino-alcohol motifs (C(OH)–C–C–N with tert-alkyl or cyclic N) is 2. The van der Waals surface area contributed by atoms with Gasteiger partial charge in [-0.25, -0.2) is 0 Å². The van der Waals surface area contributed by atoms with Crippen LogP contribution in [-0.2, 0) is 9.47 Å². The van der Waals surface area contributed by atoms with Crippen molar-refractivity contribution in [2.45, 2.75) is 65.0 Å². The molecule has 0 amide bonds. The van der Waals surface area contributed by atoms with Crippen LogP contribution in [0.3, 0.4) is 0 Å².